The van der Waals surface area contributed by atoms with Crippen molar-refractivity contribution in [2.24, 2.45) is 0 Å². The van der Waals surface area contributed by atoms with Crippen molar-refractivity contribution in [1.82, 2.24) is 4.31 Å². The molecule has 0 spiro atoms. The van der Waals surface area contributed by atoms with Crippen LogP contribution in [0.1, 0.15) is 0 Å². The third kappa shape index (κ3) is 2.16. The SMILES string of the molecule is COP1(OC)(OC)CN(S(C)(=O)=O)CO1. The Hall–Kier alpha value is 0.180. The van der Waals surface area contributed by atoms with Gasteiger partial charge in [0.25, 0.3) is 0 Å². The molecule has 0 aromatic rings. The van der Waals surface area contributed by atoms with Gasteiger partial charge < -0.3 is 0 Å². The van der Waals surface area contributed by atoms with Gasteiger partial charge in [0, 0.05) is 0 Å². The molecule has 1 saturated heterocycles. The summed E-state index contributed by atoms with van der Waals surface area (Å²) in [6, 6.07) is 0. The van der Waals surface area contributed by atoms with Crippen LogP contribution < -0.4 is 0 Å². The van der Waals surface area contributed by atoms with Crippen molar-refractivity contribution in [2.45, 2.75) is 0 Å². The first-order valence-corrected chi connectivity index (χ1v) is 8.06. The van der Waals surface area contributed by atoms with Crippen LogP contribution in [-0.2, 0) is 28.1 Å². The predicted molar refractivity (Wildman–Crippen MR) is 55.4 cm³/mol. The zero-order valence-electron chi connectivity index (χ0n) is 9.17. The van der Waals surface area contributed by atoms with Gasteiger partial charge in [-0.05, 0) is 0 Å². The summed E-state index contributed by atoms with van der Waals surface area (Å²) in [5, 5.41) is 0. The van der Waals surface area contributed by atoms with E-state index in [1.54, 1.807) is 0 Å². The molecule has 0 amide bonds. The second-order valence-corrected chi connectivity index (χ2v) is 8.67. The van der Waals surface area contributed by atoms with E-state index in [-0.39, 0.29) is 13.0 Å². The van der Waals surface area contributed by atoms with Crippen LogP contribution in [0.5, 0.6) is 0 Å². The van der Waals surface area contributed by atoms with E-state index >= 15 is 0 Å². The quantitative estimate of drug-likeness (QED) is 0.680. The average Bonchev–Trinajstić information content (AvgIpc) is 2.60. The van der Waals surface area contributed by atoms with Gasteiger partial charge in [-0.15, -0.1) is 0 Å². The topological polar surface area (TPSA) is 74.3 Å². The second kappa shape index (κ2) is 3.89. The van der Waals surface area contributed by atoms with Gasteiger partial charge >= 0.3 is 89.0 Å². The molecule has 0 bridgehead atoms. The molecule has 0 aromatic heterocycles. The van der Waals surface area contributed by atoms with E-state index in [0.29, 0.717) is 0 Å². The van der Waals surface area contributed by atoms with E-state index in [1.807, 2.05) is 0 Å². The summed E-state index contributed by atoms with van der Waals surface area (Å²) in [6.45, 7) is -0.119. The van der Waals surface area contributed by atoms with Crippen LogP contribution in [0.2, 0.25) is 0 Å². The number of rotatable bonds is 4. The second-order valence-electron chi connectivity index (χ2n) is 3.13. The van der Waals surface area contributed by atoms with Crippen molar-refractivity contribution >= 4 is 17.5 Å². The van der Waals surface area contributed by atoms with E-state index in [9.17, 15) is 8.42 Å². The Labute approximate surface area is 89.5 Å². The van der Waals surface area contributed by atoms with E-state index in [1.165, 1.54) is 21.3 Å². The first-order valence-electron chi connectivity index (χ1n) is 4.12. The molecule has 0 aromatic carbocycles. The molecule has 15 heavy (non-hydrogen) atoms. The Morgan fingerprint density at radius 2 is 1.67 bits per heavy atom. The van der Waals surface area contributed by atoms with E-state index < -0.39 is 17.5 Å². The van der Waals surface area contributed by atoms with Gasteiger partial charge in [0.2, 0.25) is 0 Å². The fourth-order valence-corrected chi connectivity index (χ4v) is 5.15. The molecule has 0 radical (unpaired) electrons. The fourth-order valence-electron chi connectivity index (χ4n) is 1.27. The third-order valence-electron chi connectivity index (χ3n) is 2.37. The summed E-state index contributed by atoms with van der Waals surface area (Å²) in [4.78, 5) is 0. The van der Waals surface area contributed by atoms with E-state index in [4.69, 9.17) is 18.1 Å². The van der Waals surface area contributed by atoms with Gasteiger partial charge in [-0.25, -0.2) is 0 Å². The summed E-state index contributed by atoms with van der Waals surface area (Å²) in [5.74, 6) is 0. The first kappa shape index (κ1) is 13.2. The van der Waals surface area contributed by atoms with Crippen molar-refractivity contribution < 1.29 is 26.5 Å². The molecule has 1 fully saturated rings. The van der Waals surface area contributed by atoms with Crippen LogP contribution in [0.15, 0.2) is 0 Å². The molecule has 0 N–H and O–H groups in total. The monoisotopic (exact) mass is 261 g/mol. The molecule has 0 unspecified atom stereocenters. The van der Waals surface area contributed by atoms with Gasteiger partial charge in [0.15, 0.2) is 0 Å². The maximum absolute atomic E-state index is 11.3. The Balaban J connectivity index is 3.01. The molecule has 0 atom stereocenters. The molecule has 7 nitrogen and oxygen atoms in total. The van der Waals surface area contributed by atoms with Crippen LogP contribution in [0, 0.1) is 0 Å². The van der Waals surface area contributed by atoms with Crippen LogP contribution in [0.4, 0.5) is 0 Å². The molecular formula is C6H16NO6PS. The predicted octanol–water partition coefficient (Wildman–Crippen LogP) is 0.346. The number of nitrogens with zero attached hydrogens (tertiary/aromatic N) is 1. The van der Waals surface area contributed by atoms with Crippen molar-refractivity contribution in [2.75, 3.05) is 40.6 Å². The third-order valence-corrected chi connectivity index (χ3v) is 7.26. The normalized spacial score (nSPS) is 28.4. The molecule has 9 heteroatoms. The van der Waals surface area contributed by atoms with Crippen molar-refractivity contribution in [3.05, 3.63) is 0 Å². The standard InChI is InChI=1S/C6H16NO6PS/c1-10-14(11-2,12-3)6-7(5-13-14)15(4,8)9/h5-6H2,1-4H3. The fraction of sp³-hybridized carbons (Fsp3) is 1.00. The van der Waals surface area contributed by atoms with Gasteiger partial charge in [-0.3, -0.25) is 0 Å². The molecule has 1 aliphatic rings. The summed E-state index contributed by atoms with van der Waals surface area (Å²) < 4.78 is 44.6. The van der Waals surface area contributed by atoms with Crippen molar-refractivity contribution in [3.8, 4) is 0 Å². The summed E-state index contributed by atoms with van der Waals surface area (Å²) in [6.07, 6.45) is 1.04. The number of hydrogen-bond acceptors (Lipinski definition) is 6. The molecule has 0 aliphatic carbocycles. The first-order chi connectivity index (χ1) is 6.81. The van der Waals surface area contributed by atoms with Gasteiger partial charge in [0.1, 0.15) is 0 Å². The molecule has 1 rings (SSSR count). The van der Waals surface area contributed by atoms with Crippen LogP contribution in [0.3, 0.4) is 0 Å². The summed E-state index contributed by atoms with van der Waals surface area (Å²) in [5.41, 5.74) is 0. The summed E-state index contributed by atoms with van der Waals surface area (Å²) in [7, 11) is -2.93. The summed E-state index contributed by atoms with van der Waals surface area (Å²) >= 11 is 0. The van der Waals surface area contributed by atoms with Crippen LogP contribution in [0.25, 0.3) is 0 Å². The van der Waals surface area contributed by atoms with Gasteiger partial charge in [0.05, 0.1) is 0 Å². The Morgan fingerprint density at radius 1 is 1.20 bits per heavy atom. The van der Waals surface area contributed by atoms with E-state index in [0.717, 1.165) is 10.6 Å². The van der Waals surface area contributed by atoms with Gasteiger partial charge in [-0.2, -0.15) is 0 Å². The van der Waals surface area contributed by atoms with Crippen molar-refractivity contribution in [1.29, 1.82) is 0 Å². The Morgan fingerprint density at radius 3 is 1.87 bits per heavy atom. The molecule has 1 aliphatic heterocycles. The molecular weight excluding hydrogens is 245 g/mol. The minimum atomic E-state index is -3.70. The molecule has 1 heterocycles. The van der Waals surface area contributed by atoms with Crippen LogP contribution in [-0.4, -0.2) is 53.3 Å². The zero-order chi connectivity index (χ0) is 11.8. The van der Waals surface area contributed by atoms with Crippen molar-refractivity contribution in [3.63, 3.8) is 0 Å². The Kier molecular flexibility index (Phi) is 3.43. The average molecular weight is 261 g/mol. The molecule has 92 valence electrons. The van der Waals surface area contributed by atoms with Gasteiger partial charge in [-0.1, -0.05) is 0 Å². The van der Waals surface area contributed by atoms with E-state index in [2.05, 4.69) is 0 Å². The Bertz CT molecular complexity index is 329. The number of hydrogen-bond donors (Lipinski definition) is 0. The van der Waals surface area contributed by atoms with Crippen LogP contribution >= 0.6 is 7.51 Å². The maximum atomic E-state index is 11.3. The number of sulfonamides is 1. The zero-order valence-corrected chi connectivity index (χ0v) is 10.9. The molecule has 0 saturated carbocycles. The minimum absolute atomic E-state index is 0.0477.